The average Bonchev–Trinajstić information content (AvgIpc) is 2.35. The molecule has 0 spiro atoms. The van der Waals surface area contributed by atoms with Crippen LogP contribution in [0.2, 0.25) is 0 Å². The molecule has 0 aliphatic carbocycles. The van der Waals surface area contributed by atoms with E-state index in [0.717, 1.165) is 5.57 Å². The molecular formula is C15H20O4. The van der Waals surface area contributed by atoms with Crippen molar-refractivity contribution in [2.75, 3.05) is 14.2 Å². The van der Waals surface area contributed by atoms with E-state index >= 15 is 0 Å². The van der Waals surface area contributed by atoms with Crippen molar-refractivity contribution in [3.63, 3.8) is 0 Å². The van der Waals surface area contributed by atoms with Gasteiger partial charge in [0.05, 0.1) is 14.2 Å². The van der Waals surface area contributed by atoms with E-state index in [1.807, 2.05) is 19.9 Å². The Balaban J connectivity index is 3.50. The summed E-state index contributed by atoms with van der Waals surface area (Å²) in [6.07, 6.45) is 2.47. The highest BCUT2D eigenvalue weighted by atomic mass is 16.5. The highest BCUT2D eigenvalue weighted by Gasteiger charge is 2.21. The number of methoxy groups -OCH3 is 2. The van der Waals surface area contributed by atoms with E-state index in [-0.39, 0.29) is 11.5 Å². The molecule has 0 amide bonds. The van der Waals surface area contributed by atoms with Gasteiger partial charge in [-0.15, -0.1) is 0 Å². The lowest BCUT2D eigenvalue weighted by atomic mass is 10.00. The van der Waals surface area contributed by atoms with Gasteiger partial charge in [0.15, 0.2) is 5.78 Å². The monoisotopic (exact) mass is 264 g/mol. The molecule has 0 radical (unpaired) electrons. The van der Waals surface area contributed by atoms with Crippen LogP contribution in [0.25, 0.3) is 0 Å². The van der Waals surface area contributed by atoms with E-state index in [4.69, 9.17) is 9.47 Å². The molecule has 0 saturated carbocycles. The van der Waals surface area contributed by atoms with Gasteiger partial charge in [0.2, 0.25) is 0 Å². The molecule has 0 aliphatic rings. The second-order valence-electron chi connectivity index (χ2n) is 4.53. The largest absolute Gasteiger partial charge is 0.507 e. The van der Waals surface area contributed by atoms with Gasteiger partial charge in [0.25, 0.3) is 0 Å². The molecule has 0 aromatic heterocycles. The Morgan fingerprint density at radius 1 is 1.26 bits per heavy atom. The molecule has 0 saturated heterocycles. The van der Waals surface area contributed by atoms with E-state index in [1.165, 1.54) is 27.2 Å². The van der Waals surface area contributed by atoms with Crippen molar-refractivity contribution in [1.29, 1.82) is 0 Å². The van der Waals surface area contributed by atoms with E-state index in [1.54, 1.807) is 0 Å². The Labute approximate surface area is 113 Å². The lowest BCUT2D eigenvalue weighted by molar-refractivity contribution is 0.101. The number of hydrogen-bond donors (Lipinski definition) is 1. The number of carbonyl (C=O) groups is 1. The fraction of sp³-hybridized carbons (Fsp3) is 0.400. The number of phenols is 1. The maximum Gasteiger partial charge on any atom is 0.167 e. The van der Waals surface area contributed by atoms with Crippen LogP contribution in [-0.4, -0.2) is 25.1 Å². The topological polar surface area (TPSA) is 55.8 Å². The summed E-state index contributed by atoms with van der Waals surface area (Å²) >= 11 is 0. The van der Waals surface area contributed by atoms with Gasteiger partial charge in [-0.1, -0.05) is 11.6 Å². The third-order valence-electron chi connectivity index (χ3n) is 2.82. The lowest BCUT2D eigenvalue weighted by Gasteiger charge is -2.16. The SMILES string of the molecule is COc1cc(O)c(CC=C(C)C)c(OC)c1C(C)=O. The first-order valence-electron chi connectivity index (χ1n) is 6.03. The van der Waals surface area contributed by atoms with Crippen LogP contribution < -0.4 is 9.47 Å². The van der Waals surface area contributed by atoms with E-state index in [2.05, 4.69) is 0 Å². The Hall–Kier alpha value is -1.97. The summed E-state index contributed by atoms with van der Waals surface area (Å²) in [5.74, 6) is 0.605. The second kappa shape index (κ2) is 6.27. The quantitative estimate of drug-likeness (QED) is 0.655. The van der Waals surface area contributed by atoms with E-state index in [0.29, 0.717) is 29.0 Å². The van der Waals surface area contributed by atoms with Crippen LogP contribution in [0.1, 0.15) is 36.7 Å². The van der Waals surface area contributed by atoms with Crippen LogP contribution in [0.3, 0.4) is 0 Å². The molecule has 1 aromatic carbocycles. The van der Waals surface area contributed by atoms with Gasteiger partial charge in [-0.05, 0) is 27.2 Å². The van der Waals surface area contributed by atoms with Gasteiger partial charge in [0.1, 0.15) is 22.8 Å². The van der Waals surface area contributed by atoms with Gasteiger partial charge in [-0.25, -0.2) is 0 Å². The first-order chi connectivity index (χ1) is 8.92. The van der Waals surface area contributed by atoms with Gasteiger partial charge < -0.3 is 14.6 Å². The number of ketones is 1. The summed E-state index contributed by atoms with van der Waals surface area (Å²) in [6.45, 7) is 5.39. The number of Topliss-reactive ketones (excluding diaryl/α,β-unsaturated/α-hetero) is 1. The van der Waals surface area contributed by atoms with Gasteiger partial charge in [0, 0.05) is 11.6 Å². The summed E-state index contributed by atoms with van der Waals surface area (Å²) in [7, 11) is 2.93. The summed E-state index contributed by atoms with van der Waals surface area (Å²) < 4.78 is 10.4. The highest BCUT2D eigenvalue weighted by Crippen LogP contribution is 2.39. The molecule has 0 fully saturated rings. The fourth-order valence-electron chi connectivity index (χ4n) is 1.89. The van der Waals surface area contributed by atoms with Crippen molar-refractivity contribution in [2.45, 2.75) is 27.2 Å². The van der Waals surface area contributed by atoms with E-state index < -0.39 is 0 Å². The Morgan fingerprint density at radius 3 is 2.32 bits per heavy atom. The summed E-state index contributed by atoms with van der Waals surface area (Å²) in [4.78, 5) is 11.7. The molecule has 4 nitrogen and oxygen atoms in total. The smallest absolute Gasteiger partial charge is 0.167 e. The lowest BCUT2D eigenvalue weighted by Crippen LogP contribution is -2.05. The second-order valence-corrected chi connectivity index (χ2v) is 4.53. The summed E-state index contributed by atoms with van der Waals surface area (Å²) in [5, 5.41) is 10.1. The van der Waals surface area contributed by atoms with Gasteiger partial charge in [-0.3, -0.25) is 4.79 Å². The molecule has 0 bridgehead atoms. The number of carbonyl (C=O) groups excluding carboxylic acids is 1. The minimum absolute atomic E-state index is 0.0659. The van der Waals surface area contributed by atoms with Crippen LogP contribution in [0, 0.1) is 0 Å². The van der Waals surface area contributed by atoms with Crippen molar-refractivity contribution in [2.24, 2.45) is 0 Å². The van der Waals surface area contributed by atoms with Crippen LogP contribution in [-0.2, 0) is 6.42 Å². The third kappa shape index (κ3) is 3.28. The standard InChI is InChI=1S/C15H20O4/c1-9(2)6-7-11-12(17)8-13(18-4)14(10(3)16)15(11)19-5/h6,8,17H,7H2,1-5H3. The molecule has 0 unspecified atom stereocenters. The van der Waals surface area contributed by atoms with Crippen LogP contribution in [0.5, 0.6) is 17.2 Å². The molecule has 4 heteroatoms. The minimum atomic E-state index is -0.160. The number of phenolic OH excluding ortho intramolecular Hbond substituents is 1. The van der Waals surface area contributed by atoms with E-state index in [9.17, 15) is 9.90 Å². The zero-order valence-electron chi connectivity index (χ0n) is 12.0. The van der Waals surface area contributed by atoms with Crippen LogP contribution >= 0.6 is 0 Å². The first kappa shape index (κ1) is 15.1. The van der Waals surface area contributed by atoms with Crippen LogP contribution in [0.4, 0.5) is 0 Å². The minimum Gasteiger partial charge on any atom is -0.507 e. The average molecular weight is 264 g/mol. The molecular weight excluding hydrogens is 244 g/mol. The summed E-state index contributed by atoms with van der Waals surface area (Å²) in [6, 6.07) is 1.45. The van der Waals surface area contributed by atoms with Crippen molar-refractivity contribution < 1.29 is 19.4 Å². The van der Waals surface area contributed by atoms with Crippen molar-refractivity contribution in [3.8, 4) is 17.2 Å². The molecule has 0 atom stereocenters. The zero-order valence-corrected chi connectivity index (χ0v) is 12.0. The molecule has 1 rings (SSSR count). The number of rotatable bonds is 5. The predicted molar refractivity (Wildman–Crippen MR) is 74.4 cm³/mol. The van der Waals surface area contributed by atoms with Gasteiger partial charge in [-0.2, -0.15) is 0 Å². The van der Waals surface area contributed by atoms with Crippen molar-refractivity contribution in [3.05, 3.63) is 28.8 Å². The molecule has 104 valence electrons. The van der Waals surface area contributed by atoms with Crippen molar-refractivity contribution in [1.82, 2.24) is 0 Å². The maximum absolute atomic E-state index is 11.7. The fourth-order valence-corrected chi connectivity index (χ4v) is 1.89. The number of aromatic hydroxyl groups is 1. The zero-order chi connectivity index (χ0) is 14.6. The predicted octanol–water partition coefficient (Wildman–Crippen LogP) is 3.12. The number of allylic oxidation sites excluding steroid dienone is 2. The number of ether oxygens (including phenoxy) is 2. The molecule has 0 aliphatic heterocycles. The highest BCUT2D eigenvalue weighted by molar-refractivity contribution is 6.00. The summed E-state index contributed by atoms with van der Waals surface area (Å²) in [5.41, 5.74) is 2.08. The molecule has 1 aromatic rings. The Morgan fingerprint density at radius 2 is 1.89 bits per heavy atom. The number of benzene rings is 1. The normalized spacial score (nSPS) is 9.95. The first-order valence-corrected chi connectivity index (χ1v) is 6.03. The van der Waals surface area contributed by atoms with Gasteiger partial charge >= 0.3 is 0 Å². The third-order valence-corrected chi connectivity index (χ3v) is 2.82. The van der Waals surface area contributed by atoms with Crippen LogP contribution in [0.15, 0.2) is 17.7 Å². The Bertz CT molecular complexity index is 511. The molecule has 0 heterocycles. The Kier molecular flexibility index (Phi) is 4.98. The molecule has 1 N–H and O–H groups in total. The number of hydrogen-bond acceptors (Lipinski definition) is 4. The maximum atomic E-state index is 11.7. The van der Waals surface area contributed by atoms with Crippen molar-refractivity contribution >= 4 is 5.78 Å². The molecule has 19 heavy (non-hydrogen) atoms.